The molecule has 5 rings (SSSR count). The number of fused-ring (bicyclic) bond motifs is 2. The molecule has 222 valence electrons. The van der Waals surface area contributed by atoms with E-state index < -0.39 is 29.8 Å². The van der Waals surface area contributed by atoms with E-state index in [2.05, 4.69) is 26.6 Å². The summed E-state index contributed by atoms with van der Waals surface area (Å²) in [5, 5.41) is 16.8. The Morgan fingerprint density at radius 1 is 0.930 bits per heavy atom. The van der Waals surface area contributed by atoms with Gasteiger partial charge in [-0.3, -0.25) is 19.3 Å². The van der Waals surface area contributed by atoms with Gasteiger partial charge in [-0.1, -0.05) is 65.3 Å². The summed E-state index contributed by atoms with van der Waals surface area (Å²) in [5.74, 6) is -1.07. The molecule has 1 aliphatic heterocycles. The van der Waals surface area contributed by atoms with Gasteiger partial charge in [-0.2, -0.15) is 0 Å². The van der Waals surface area contributed by atoms with Crippen LogP contribution in [0.15, 0.2) is 89.4 Å². The van der Waals surface area contributed by atoms with E-state index in [1.165, 1.54) is 4.90 Å². The number of anilines is 3. The number of nitrogens with one attached hydrogen (secondary N) is 2. The van der Waals surface area contributed by atoms with Gasteiger partial charge in [0.25, 0.3) is 11.8 Å². The third kappa shape index (κ3) is 5.99. The number of benzene rings is 4. The molecule has 0 spiro atoms. The molecule has 10 heteroatoms. The highest BCUT2D eigenvalue weighted by Gasteiger charge is 2.42. The van der Waals surface area contributed by atoms with Crippen LogP contribution in [-0.2, 0) is 20.9 Å². The standard InChI is InChI=1S/C33H33BrN4O5/c1-3-26(35-18-19-39)31(40)36-30-32(41)37(20-24-22-12-9-13-25(34)23(22)16-17-29(24)43-2)27-14-7-8-15-28(27)38(33(30)42)21-10-5-4-6-11-21/h4-17,26,30,35,39H,3,18-20H2,1-2H3,(H,36,40). The summed E-state index contributed by atoms with van der Waals surface area (Å²) in [6, 6.07) is 23.7. The molecule has 0 radical (unpaired) electrons. The van der Waals surface area contributed by atoms with Crippen molar-refractivity contribution >= 4 is 61.5 Å². The minimum Gasteiger partial charge on any atom is -0.496 e. The molecule has 0 aliphatic carbocycles. The molecule has 3 N–H and O–H groups in total. The smallest absolute Gasteiger partial charge is 0.264 e. The summed E-state index contributed by atoms with van der Waals surface area (Å²) in [4.78, 5) is 45.3. The first kappa shape index (κ1) is 30.2. The number of halogens is 1. The van der Waals surface area contributed by atoms with Crippen molar-refractivity contribution in [3.63, 3.8) is 0 Å². The van der Waals surface area contributed by atoms with E-state index in [0.717, 1.165) is 20.8 Å². The lowest BCUT2D eigenvalue weighted by Gasteiger charge is -2.27. The highest BCUT2D eigenvalue weighted by atomic mass is 79.9. The van der Waals surface area contributed by atoms with Crippen molar-refractivity contribution in [2.45, 2.75) is 32.0 Å². The number of hydrogen-bond donors (Lipinski definition) is 3. The first-order valence-electron chi connectivity index (χ1n) is 14.1. The van der Waals surface area contributed by atoms with Crippen LogP contribution in [0.3, 0.4) is 0 Å². The van der Waals surface area contributed by atoms with Gasteiger partial charge in [-0.25, -0.2) is 0 Å². The predicted octanol–water partition coefficient (Wildman–Crippen LogP) is 4.67. The summed E-state index contributed by atoms with van der Waals surface area (Å²) < 4.78 is 6.64. The molecule has 43 heavy (non-hydrogen) atoms. The quantitative estimate of drug-likeness (QED) is 0.217. The number of ether oxygens (including phenoxy) is 1. The van der Waals surface area contributed by atoms with Crippen LogP contribution in [0.2, 0.25) is 0 Å². The van der Waals surface area contributed by atoms with Crippen LogP contribution in [0.25, 0.3) is 10.8 Å². The second kappa shape index (κ2) is 13.4. The molecule has 2 unspecified atom stereocenters. The van der Waals surface area contributed by atoms with Gasteiger partial charge in [0.1, 0.15) is 5.75 Å². The molecule has 0 fully saturated rings. The second-order valence-corrected chi connectivity index (χ2v) is 10.9. The molecule has 3 amide bonds. The molecule has 0 saturated heterocycles. The second-order valence-electron chi connectivity index (χ2n) is 10.1. The van der Waals surface area contributed by atoms with Crippen LogP contribution in [0, 0.1) is 0 Å². The number of methoxy groups -OCH3 is 1. The Labute approximate surface area is 258 Å². The lowest BCUT2D eigenvalue weighted by atomic mass is 10.0. The van der Waals surface area contributed by atoms with Crippen molar-refractivity contribution in [2.24, 2.45) is 0 Å². The molecular formula is C33H33BrN4O5. The van der Waals surface area contributed by atoms with Gasteiger partial charge in [0.2, 0.25) is 5.91 Å². The van der Waals surface area contributed by atoms with E-state index in [1.54, 1.807) is 36.3 Å². The Morgan fingerprint density at radius 2 is 1.65 bits per heavy atom. The summed E-state index contributed by atoms with van der Waals surface area (Å²) in [6.45, 7) is 1.94. The molecule has 0 aromatic heterocycles. The largest absolute Gasteiger partial charge is 0.496 e. The number of carbonyl (C=O) groups excluding carboxylic acids is 3. The monoisotopic (exact) mass is 644 g/mol. The van der Waals surface area contributed by atoms with E-state index in [4.69, 9.17) is 4.74 Å². The molecule has 4 aromatic rings. The molecule has 1 heterocycles. The number of para-hydroxylation sites is 3. The van der Waals surface area contributed by atoms with Crippen molar-refractivity contribution in [3.8, 4) is 5.75 Å². The van der Waals surface area contributed by atoms with Crippen molar-refractivity contribution in [2.75, 3.05) is 30.1 Å². The molecule has 1 aliphatic rings. The van der Waals surface area contributed by atoms with Crippen molar-refractivity contribution < 1.29 is 24.2 Å². The molecule has 0 bridgehead atoms. The topological polar surface area (TPSA) is 111 Å². The Bertz CT molecular complexity index is 1650. The Hall–Kier alpha value is -4.25. The third-order valence-corrected chi connectivity index (χ3v) is 8.23. The van der Waals surface area contributed by atoms with Gasteiger partial charge in [0.05, 0.1) is 37.7 Å². The van der Waals surface area contributed by atoms with Crippen LogP contribution in [0.5, 0.6) is 5.75 Å². The van der Waals surface area contributed by atoms with Gasteiger partial charge in [0.15, 0.2) is 6.04 Å². The maximum atomic E-state index is 14.5. The number of aliphatic hydroxyl groups is 1. The summed E-state index contributed by atoms with van der Waals surface area (Å²) in [7, 11) is 1.58. The van der Waals surface area contributed by atoms with Gasteiger partial charge < -0.3 is 25.4 Å². The average Bonchev–Trinajstić information content (AvgIpc) is 3.11. The van der Waals surface area contributed by atoms with Gasteiger partial charge >= 0.3 is 0 Å². The maximum Gasteiger partial charge on any atom is 0.264 e. The van der Waals surface area contributed by atoms with E-state index in [0.29, 0.717) is 29.2 Å². The first-order chi connectivity index (χ1) is 20.9. The van der Waals surface area contributed by atoms with Crippen molar-refractivity contribution in [1.82, 2.24) is 10.6 Å². The number of hydrogen-bond acceptors (Lipinski definition) is 6. The third-order valence-electron chi connectivity index (χ3n) is 7.53. The maximum absolute atomic E-state index is 14.5. The summed E-state index contributed by atoms with van der Waals surface area (Å²) in [6.07, 6.45) is 0.398. The Kier molecular flexibility index (Phi) is 9.40. The highest BCUT2D eigenvalue weighted by Crippen LogP contribution is 2.40. The zero-order valence-electron chi connectivity index (χ0n) is 23.9. The lowest BCUT2D eigenvalue weighted by Crippen LogP contribution is -2.58. The number of rotatable bonds is 10. The molecular weight excluding hydrogens is 612 g/mol. The van der Waals surface area contributed by atoms with Gasteiger partial charge in [-0.05, 0) is 59.7 Å². The predicted molar refractivity (Wildman–Crippen MR) is 171 cm³/mol. The Balaban J connectivity index is 1.67. The molecule has 4 aromatic carbocycles. The van der Waals surface area contributed by atoms with Gasteiger partial charge in [0, 0.05) is 22.3 Å². The molecule has 0 saturated carbocycles. The molecule has 2 atom stereocenters. The zero-order chi connectivity index (χ0) is 30.5. The van der Waals surface area contributed by atoms with Crippen LogP contribution >= 0.6 is 15.9 Å². The SMILES string of the molecule is CCC(NCCO)C(=O)NC1C(=O)N(Cc2c(OC)ccc3c(Br)cccc23)c2ccccc2N(c2ccccc2)C1=O. The highest BCUT2D eigenvalue weighted by molar-refractivity contribution is 9.10. The van der Waals surface area contributed by atoms with Crippen molar-refractivity contribution in [3.05, 3.63) is 95.0 Å². The number of aliphatic hydroxyl groups excluding tert-OH is 1. The minimum absolute atomic E-state index is 0.0784. The lowest BCUT2D eigenvalue weighted by molar-refractivity contribution is -0.134. The fourth-order valence-corrected chi connectivity index (χ4v) is 5.92. The number of nitrogens with zero attached hydrogens (tertiary/aromatic N) is 2. The van der Waals surface area contributed by atoms with E-state index in [-0.39, 0.29) is 19.7 Å². The van der Waals surface area contributed by atoms with Crippen LogP contribution in [0.1, 0.15) is 18.9 Å². The number of amides is 3. The van der Waals surface area contributed by atoms with E-state index >= 15 is 0 Å². The Morgan fingerprint density at radius 3 is 2.35 bits per heavy atom. The fraction of sp³-hybridized carbons (Fsp3) is 0.242. The van der Waals surface area contributed by atoms with E-state index in [9.17, 15) is 19.5 Å². The number of carbonyl (C=O) groups is 3. The fourth-order valence-electron chi connectivity index (χ4n) is 5.42. The molecule has 9 nitrogen and oxygen atoms in total. The average molecular weight is 646 g/mol. The van der Waals surface area contributed by atoms with Crippen LogP contribution in [0.4, 0.5) is 17.1 Å². The van der Waals surface area contributed by atoms with Gasteiger partial charge in [-0.15, -0.1) is 0 Å². The minimum atomic E-state index is -1.52. The van der Waals surface area contributed by atoms with Crippen LogP contribution in [-0.4, -0.2) is 55.2 Å². The summed E-state index contributed by atoms with van der Waals surface area (Å²) >= 11 is 3.63. The van der Waals surface area contributed by atoms with Crippen LogP contribution < -0.4 is 25.2 Å². The van der Waals surface area contributed by atoms with Crippen molar-refractivity contribution in [1.29, 1.82) is 0 Å². The van der Waals surface area contributed by atoms with E-state index in [1.807, 2.05) is 67.6 Å². The summed E-state index contributed by atoms with van der Waals surface area (Å²) in [5.41, 5.74) is 2.34. The zero-order valence-corrected chi connectivity index (χ0v) is 25.5. The normalized spacial score (nSPS) is 15.7. The first-order valence-corrected chi connectivity index (χ1v) is 14.9.